The van der Waals surface area contributed by atoms with Gasteiger partial charge in [-0.3, -0.25) is 14.5 Å². The number of imide groups is 1. The molecular weight excluding hydrogens is 542 g/mol. The highest BCUT2D eigenvalue weighted by Crippen LogP contribution is 2.24. The molecule has 0 aromatic carbocycles. The number of esters is 2. The molecule has 230 valence electrons. The molecule has 1 aliphatic rings. The average Bonchev–Trinajstić information content (AvgIpc) is 3.36. The van der Waals surface area contributed by atoms with Crippen LogP contribution in [0.1, 0.15) is 61.8 Å². The van der Waals surface area contributed by atoms with Crippen molar-refractivity contribution in [2.45, 2.75) is 91.2 Å². The molecule has 0 aromatic rings. The molecule has 0 spiro atoms. The van der Waals surface area contributed by atoms with Gasteiger partial charge in [0, 0.05) is 6.54 Å². The van der Waals surface area contributed by atoms with Crippen molar-refractivity contribution in [3.05, 3.63) is 23.4 Å². The van der Waals surface area contributed by atoms with Crippen molar-refractivity contribution in [1.82, 2.24) is 15.1 Å². The van der Waals surface area contributed by atoms with E-state index in [9.17, 15) is 33.9 Å². The Morgan fingerprint density at radius 1 is 0.976 bits per heavy atom. The van der Waals surface area contributed by atoms with E-state index in [0.29, 0.717) is 4.90 Å². The molecule has 0 bridgehead atoms. The standard InChI is InChI=1S/C27H41N3O11/c1-11-15(2)18(20(32)28-17(22(34)38-9)19(31)23(35)39-10)30(25(37)41-27(6,7)8)21(33)16-13-12-14-29(16)24(36)40-26(3,4)5/h12-13,16-17,19,31H,11,14H2,1-10H3,(H,28,32)/b18-15+/t16-,17-,19+/m0/s1. The van der Waals surface area contributed by atoms with Crippen molar-refractivity contribution in [2.75, 3.05) is 20.8 Å². The van der Waals surface area contributed by atoms with E-state index in [1.807, 2.05) is 0 Å². The SMILES string of the molecule is CC/C(C)=C(\C(=O)N[C@H](C(=O)OC)[C@@H](O)C(=O)OC)N(C(=O)OC(C)(C)C)C(=O)[C@@H]1C=CCN1C(=O)OC(C)(C)C. The van der Waals surface area contributed by atoms with Gasteiger partial charge >= 0.3 is 24.1 Å². The molecule has 0 aromatic heterocycles. The molecule has 0 saturated heterocycles. The minimum absolute atomic E-state index is 0.0127. The number of aliphatic hydroxyl groups is 1. The van der Waals surface area contributed by atoms with E-state index in [4.69, 9.17) is 9.47 Å². The number of ether oxygens (including phenoxy) is 4. The molecule has 14 nitrogen and oxygen atoms in total. The van der Waals surface area contributed by atoms with Gasteiger partial charge in [0.15, 0.2) is 12.1 Å². The number of nitrogens with one attached hydrogen (secondary N) is 1. The Morgan fingerprint density at radius 3 is 1.98 bits per heavy atom. The van der Waals surface area contributed by atoms with Crippen LogP contribution in [-0.4, -0.2) is 101 Å². The maximum atomic E-state index is 14.0. The van der Waals surface area contributed by atoms with Crippen molar-refractivity contribution in [3.8, 4) is 0 Å². The zero-order valence-electron chi connectivity index (χ0n) is 25.2. The second-order valence-electron chi connectivity index (χ2n) is 11.1. The molecule has 1 rings (SSSR count). The van der Waals surface area contributed by atoms with Crippen LogP contribution in [0, 0.1) is 0 Å². The summed E-state index contributed by atoms with van der Waals surface area (Å²) in [6.45, 7) is 12.7. The Morgan fingerprint density at radius 2 is 1.51 bits per heavy atom. The second-order valence-corrected chi connectivity index (χ2v) is 11.1. The van der Waals surface area contributed by atoms with Crippen LogP contribution in [-0.2, 0) is 38.1 Å². The number of nitrogens with zero attached hydrogens (tertiary/aromatic N) is 2. The summed E-state index contributed by atoms with van der Waals surface area (Å²) in [6, 6.07) is -3.32. The summed E-state index contributed by atoms with van der Waals surface area (Å²) < 4.78 is 19.9. The first kappa shape index (κ1) is 35.1. The van der Waals surface area contributed by atoms with E-state index >= 15 is 0 Å². The van der Waals surface area contributed by atoms with Crippen molar-refractivity contribution in [1.29, 1.82) is 0 Å². The summed E-state index contributed by atoms with van der Waals surface area (Å²) in [6.07, 6.45) is -1.21. The molecule has 0 saturated carbocycles. The predicted octanol–water partition coefficient (Wildman–Crippen LogP) is 1.80. The molecule has 2 N–H and O–H groups in total. The van der Waals surface area contributed by atoms with Gasteiger partial charge in [-0.25, -0.2) is 24.1 Å². The number of carbonyl (C=O) groups is 6. The first-order chi connectivity index (χ1) is 18.8. The fourth-order valence-electron chi connectivity index (χ4n) is 3.49. The minimum Gasteiger partial charge on any atom is -0.467 e. The second kappa shape index (κ2) is 14.1. The number of hydrogen-bond donors (Lipinski definition) is 2. The smallest absolute Gasteiger partial charge is 0.422 e. The van der Waals surface area contributed by atoms with Crippen LogP contribution in [0.15, 0.2) is 23.4 Å². The molecule has 0 radical (unpaired) electrons. The Bertz CT molecular complexity index is 1100. The summed E-state index contributed by atoms with van der Waals surface area (Å²) in [5, 5.41) is 12.5. The minimum atomic E-state index is -2.18. The van der Waals surface area contributed by atoms with Gasteiger partial charge in [-0.2, -0.15) is 0 Å². The molecule has 0 fully saturated rings. The van der Waals surface area contributed by atoms with E-state index in [1.54, 1.807) is 48.5 Å². The Hall–Kier alpha value is -3.94. The van der Waals surface area contributed by atoms with Crippen molar-refractivity contribution in [3.63, 3.8) is 0 Å². The lowest BCUT2D eigenvalue weighted by molar-refractivity contribution is -0.160. The third-order valence-corrected chi connectivity index (χ3v) is 5.51. The fourth-order valence-corrected chi connectivity index (χ4v) is 3.49. The summed E-state index contributed by atoms with van der Waals surface area (Å²) in [4.78, 5) is 79.9. The normalized spacial score (nSPS) is 17.0. The van der Waals surface area contributed by atoms with Crippen LogP contribution in [0.4, 0.5) is 9.59 Å². The van der Waals surface area contributed by atoms with Crippen LogP contribution in [0.5, 0.6) is 0 Å². The topological polar surface area (TPSA) is 178 Å². The summed E-state index contributed by atoms with van der Waals surface area (Å²) >= 11 is 0. The summed E-state index contributed by atoms with van der Waals surface area (Å²) in [5.74, 6) is -4.66. The molecular formula is C27H41N3O11. The van der Waals surface area contributed by atoms with Crippen molar-refractivity contribution < 1.29 is 52.8 Å². The van der Waals surface area contributed by atoms with Gasteiger partial charge in [-0.15, -0.1) is 0 Å². The maximum Gasteiger partial charge on any atom is 0.422 e. The van der Waals surface area contributed by atoms with Crippen LogP contribution < -0.4 is 5.32 Å². The van der Waals surface area contributed by atoms with Gasteiger partial charge in [-0.1, -0.05) is 19.1 Å². The monoisotopic (exact) mass is 583 g/mol. The van der Waals surface area contributed by atoms with E-state index < -0.39 is 71.0 Å². The molecule has 0 aliphatic carbocycles. The number of amides is 4. The molecule has 14 heteroatoms. The van der Waals surface area contributed by atoms with Gasteiger partial charge in [0.25, 0.3) is 11.8 Å². The van der Waals surface area contributed by atoms with E-state index in [1.165, 1.54) is 19.1 Å². The fraction of sp³-hybridized carbons (Fsp3) is 0.630. The molecule has 1 heterocycles. The van der Waals surface area contributed by atoms with Crippen molar-refractivity contribution >= 4 is 35.9 Å². The van der Waals surface area contributed by atoms with Crippen LogP contribution in [0.25, 0.3) is 0 Å². The van der Waals surface area contributed by atoms with Crippen LogP contribution in [0.3, 0.4) is 0 Å². The average molecular weight is 584 g/mol. The number of rotatable bonds is 8. The highest BCUT2D eigenvalue weighted by molar-refractivity contribution is 6.09. The van der Waals surface area contributed by atoms with E-state index in [-0.39, 0.29) is 18.5 Å². The largest absolute Gasteiger partial charge is 0.467 e. The van der Waals surface area contributed by atoms with Crippen LogP contribution >= 0.6 is 0 Å². The third kappa shape index (κ3) is 9.59. The zero-order valence-corrected chi connectivity index (χ0v) is 25.2. The van der Waals surface area contributed by atoms with Gasteiger partial charge in [0.05, 0.1) is 14.2 Å². The van der Waals surface area contributed by atoms with Crippen LogP contribution in [0.2, 0.25) is 0 Å². The van der Waals surface area contributed by atoms with Gasteiger partial charge in [0.1, 0.15) is 22.9 Å². The zero-order chi connectivity index (χ0) is 31.9. The highest BCUT2D eigenvalue weighted by Gasteiger charge is 2.44. The Balaban J connectivity index is 3.68. The molecule has 3 atom stereocenters. The van der Waals surface area contributed by atoms with Crippen molar-refractivity contribution in [2.24, 2.45) is 0 Å². The van der Waals surface area contributed by atoms with Gasteiger partial charge in [-0.05, 0) is 60.5 Å². The van der Waals surface area contributed by atoms with E-state index in [0.717, 1.165) is 19.1 Å². The summed E-state index contributed by atoms with van der Waals surface area (Å²) in [7, 11) is 1.93. The maximum absolute atomic E-state index is 14.0. The first-order valence-corrected chi connectivity index (χ1v) is 12.9. The summed E-state index contributed by atoms with van der Waals surface area (Å²) in [5.41, 5.74) is -2.33. The predicted molar refractivity (Wildman–Crippen MR) is 144 cm³/mol. The number of methoxy groups -OCH3 is 2. The quantitative estimate of drug-likeness (QED) is 0.184. The lowest BCUT2D eigenvalue weighted by Gasteiger charge is -2.33. The third-order valence-electron chi connectivity index (χ3n) is 5.51. The molecule has 4 amide bonds. The number of hydrogen-bond acceptors (Lipinski definition) is 11. The number of allylic oxidation sites excluding steroid dienone is 1. The Labute approximate surface area is 239 Å². The van der Waals surface area contributed by atoms with E-state index in [2.05, 4.69) is 14.8 Å². The van der Waals surface area contributed by atoms with Gasteiger partial charge in [0.2, 0.25) is 0 Å². The first-order valence-electron chi connectivity index (χ1n) is 12.9. The van der Waals surface area contributed by atoms with Gasteiger partial charge < -0.3 is 29.4 Å². The lowest BCUT2D eigenvalue weighted by atomic mass is 10.1. The molecule has 41 heavy (non-hydrogen) atoms. The highest BCUT2D eigenvalue weighted by atomic mass is 16.6. The Kier molecular flexibility index (Phi) is 12.1. The number of aliphatic hydroxyl groups excluding tert-OH is 1. The number of carbonyl (C=O) groups excluding carboxylic acids is 6. The molecule has 0 unspecified atom stereocenters. The lowest BCUT2D eigenvalue weighted by Crippen LogP contribution is -2.57. The molecule has 1 aliphatic heterocycles.